The molecule has 0 amide bonds. The van der Waals surface area contributed by atoms with E-state index >= 15 is 0 Å². The SMILES string of the molecule is C=C(CC)N(CC1(N2CCN(C(C)CCC)CC2)CCCCC1)C1CC=CC(C(F)(F)F)=N1. The molecular formula is C26H43F3N4. The third kappa shape index (κ3) is 6.41. The number of rotatable bonds is 9. The van der Waals surface area contributed by atoms with Gasteiger partial charge in [-0.2, -0.15) is 13.2 Å². The van der Waals surface area contributed by atoms with Gasteiger partial charge >= 0.3 is 6.18 Å². The summed E-state index contributed by atoms with van der Waals surface area (Å²) in [7, 11) is 0. The first kappa shape index (κ1) is 26.3. The lowest BCUT2D eigenvalue weighted by Crippen LogP contribution is -2.63. The molecule has 1 saturated carbocycles. The van der Waals surface area contributed by atoms with Gasteiger partial charge in [-0.1, -0.05) is 52.2 Å². The maximum absolute atomic E-state index is 13.4. The number of allylic oxidation sites excluding steroid dienone is 2. The monoisotopic (exact) mass is 468 g/mol. The summed E-state index contributed by atoms with van der Waals surface area (Å²) in [5.41, 5.74) is 0.107. The molecule has 0 aromatic heterocycles. The van der Waals surface area contributed by atoms with Crippen LogP contribution in [-0.4, -0.2) is 77.1 Å². The molecule has 0 aromatic carbocycles. The van der Waals surface area contributed by atoms with Gasteiger partial charge in [-0.25, -0.2) is 0 Å². The largest absolute Gasteiger partial charge is 0.432 e. The summed E-state index contributed by atoms with van der Waals surface area (Å²) in [6, 6.07) is 0.611. The molecule has 0 aromatic rings. The van der Waals surface area contributed by atoms with Crippen LogP contribution in [-0.2, 0) is 0 Å². The number of hydrogen-bond acceptors (Lipinski definition) is 4. The molecule has 1 saturated heterocycles. The Hall–Kier alpha value is -1.34. The van der Waals surface area contributed by atoms with Gasteiger partial charge < -0.3 is 4.90 Å². The van der Waals surface area contributed by atoms with E-state index in [9.17, 15) is 13.2 Å². The summed E-state index contributed by atoms with van der Waals surface area (Å²) in [4.78, 5) is 11.5. The Morgan fingerprint density at radius 3 is 2.42 bits per heavy atom. The average molecular weight is 469 g/mol. The maximum atomic E-state index is 13.4. The summed E-state index contributed by atoms with van der Waals surface area (Å²) < 4.78 is 40.2. The fourth-order valence-corrected chi connectivity index (χ4v) is 5.89. The zero-order chi connectivity index (χ0) is 24.1. The molecule has 0 spiro atoms. The van der Waals surface area contributed by atoms with Crippen molar-refractivity contribution in [1.82, 2.24) is 14.7 Å². The molecule has 2 fully saturated rings. The molecule has 1 aliphatic carbocycles. The van der Waals surface area contributed by atoms with E-state index in [0.29, 0.717) is 12.5 Å². The molecule has 2 unspecified atom stereocenters. The molecule has 7 heteroatoms. The van der Waals surface area contributed by atoms with Crippen molar-refractivity contribution in [2.45, 2.75) is 102 Å². The number of dihydropyridines is 1. The van der Waals surface area contributed by atoms with Crippen LogP contribution in [0.4, 0.5) is 13.2 Å². The second kappa shape index (κ2) is 11.4. The highest BCUT2D eigenvalue weighted by molar-refractivity contribution is 6.00. The van der Waals surface area contributed by atoms with E-state index in [1.54, 1.807) is 6.08 Å². The summed E-state index contributed by atoms with van der Waals surface area (Å²) in [5.74, 6) is 0. The van der Waals surface area contributed by atoms with Crippen molar-refractivity contribution in [3.63, 3.8) is 0 Å². The van der Waals surface area contributed by atoms with Crippen molar-refractivity contribution >= 4 is 5.71 Å². The van der Waals surface area contributed by atoms with Gasteiger partial charge in [-0.05, 0) is 38.7 Å². The zero-order valence-electron chi connectivity index (χ0n) is 20.8. The van der Waals surface area contributed by atoms with Gasteiger partial charge in [0, 0.05) is 56.4 Å². The number of piperazine rings is 1. The van der Waals surface area contributed by atoms with E-state index in [2.05, 4.69) is 40.1 Å². The summed E-state index contributed by atoms with van der Waals surface area (Å²) in [6.07, 6.45) is 7.26. The van der Waals surface area contributed by atoms with Gasteiger partial charge in [0.2, 0.25) is 0 Å². The maximum Gasteiger partial charge on any atom is 0.432 e. The average Bonchev–Trinajstić information content (AvgIpc) is 2.82. The molecule has 33 heavy (non-hydrogen) atoms. The second-order valence-corrected chi connectivity index (χ2v) is 10.1. The molecule has 3 rings (SSSR count). The molecule has 188 valence electrons. The van der Waals surface area contributed by atoms with Crippen LogP contribution in [0.3, 0.4) is 0 Å². The van der Waals surface area contributed by atoms with E-state index in [1.807, 2.05) is 6.92 Å². The highest BCUT2D eigenvalue weighted by atomic mass is 19.4. The van der Waals surface area contributed by atoms with Gasteiger partial charge in [-0.3, -0.25) is 14.8 Å². The van der Waals surface area contributed by atoms with Gasteiger partial charge in [0.25, 0.3) is 0 Å². The number of halogens is 3. The number of hydrogen-bond donors (Lipinski definition) is 0. The molecule has 4 nitrogen and oxygen atoms in total. The molecule has 0 radical (unpaired) electrons. The third-order valence-electron chi connectivity index (χ3n) is 7.94. The van der Waals surface area contributed by atoms with Crippen LogP contribution >= 0.6 is 0 Å². The van der Waals surface area contributed by atoms with Crippen LogP contribution in [0.15, 0.2) is 29.4 Å². The lowest BCUT2D eigenvalue weighted by Gasteiger charge is -2.53. The van der Waals surface area contributed by atoms with Crippen LogP contribution in [0.1, 0.15) is 78.6 Å². The van der Waals surface area contributed by atoms with E-state index in [4.69, 9.17) is 0 Å². The van der Waals surface area contributed by atoms with E-state index in [1.165, 1.54) is 32.1 Å². The van der Waals surface area contributed by atoms with Crippen LogP contribution in [0.25, 0.3) is 0 Å². The first-order valence-electron chi connectivity index (χ1n) is 12.9. The minimum absolute atomic E-state index is 0.00841. The van der Waals surface area contributed by atoms with Gasteiger partial charge in [0.05, 0.1) is 0 Å². The molecule has 2 aliphatic heterocycles. The molecule has 3 aliphatic rings. The van der Waals surface area contributed by atoms with Gasteiger partial charge in [0.1, 0.15) is 11.9 Å². The molecule has 2 heterocycles. The van der Waals surface area contributed by atoms with Crippen molar-refractivity contribution in [3.8, 4) is 0 Å². The lowest BCUT2D eigenvalue weighted by molar-refractivity contribution is -0.0590. The number of nitrogens with zero attached hydrogens (tertiary/aromatic N) is 4. The van der Waals surface area contributed by atoms with Crippen LogP contribution in [0.2, 0.25) is 0 Å². The first-order chi connectivity index (χ1) is 15.7. The van der Waals surface area contributed by atoms with Crippen molar-refractivity contribution in [1.29, 1.82) is 0 Å². The van der Waals surface area contributed by atoms with Crippen molar-refractivity contribution in [2.75, 3.05) is 32.7 Å². The normalized spacial score (nSPS) is 25.5. The Balaban J connectivity index is 1.80. The van der Waals surface area contributed by atoms with Crippen molar-refractivity contribution in [3.05, 3.63) is 24.4 Å². The van der Waals surface area contributed by atoms with E-state index in [0.717, 1.165) is 63.8 Å². The third-order valence-corrected chi connectivity index (χ3v) is 7.94. The Labute approximate surface area is 198 Å². The van der Waals surface area contributed by atoms with Gasteiger partial charge in [-0.15, -0.1) is 0 Å². The van der Waals surface area contributed by atoms with Crippen molar-refractivity contribution < 1.29 is 13.2 Å². The second-order valence-electron chi connectivity index (χ2n) is 10.1. The number of alkyl halides is 3. The summed E-state index contributed by atoms with van der Waals surface area (Å²) in [6.45, 7) is 15.8. The predicted molar refractivity (Wildman–Crippen MR) is 131 cm³/mol. The molecule has 0 N–H and O–H groups in total. The van der Waals surface area contributed by atoms with Crippen molar-refractivity contribution in [2.24, 2.45) is 4.99 Å². The topological polar surface area (TPSA) is 22.1 Å². The Morgan fingerprint density at radius 2 is 1.85 bits per heavy atom. The smallest absolute Gasteiger partial charge is 0.352 e. The fraction of sp³-hybridized carbons (Fsp3) is 0.808. The van der Waals surface area contributed by atoms with E-state index in [-0.39, 0.29) is 5.54 Å². The Bertz CT molecular complexity index is 701. The van der Waals surface area contributed by atoms with Gasteiger partial charge in [0.15, 0.2) is 0 Å². The predicted octanol–water partition coefficient (Wildman–Crippen LogP) is 6.01. The van der Waals surface area contributed by atoms with E-state index < -0.39 is 18.1 Å². The zero-order valence-corrected chi connectivity index (χ0v) is 20.8. The van der Waals surface area contributed by atoms with Crippen LogP contribution in [0.5, 0.6) is 0 Å². The molecular weight excluding hydrogens is 425 g/mol. The molecule has 2 atom stereocenters. The van der Waals surface area contributed by atoms with Crippen LogP contribution < -0.4 is 0 Å². The standard InChI is InChI=1S/C26H43F3N4/c1-5-11-22(4)31-16-18-32(19-17-31)25(14-8-7-9-15-25)20-33(21(3)6-2)24-13-10-12-23(30-24)26(27,28)29/h10,12,22,24H,3,5-9,11,13-20H2,1-2,4H3. The first-order valence-corrected chi connectivity index (χ1v) is 12.9. The quantitative estimate of drug-likeness (QED) is 0.414. The van der Waals surface area contributed by atoms with Crippen LogP contribution in [0, 0.1) is 0 Å². The summed E-state index contributed by atoms with van der Waals surface area (Å²) >= 11 is 0. The highest BCUT2D eigenvalue weighted by Gasteiger charge is 2.43. The minimum atomic E-state index is -4.41. The highest BCUT2D eigenvalue weighted by Crippen LogP contribution is 2.38. The Morgan fingerprint density at radius 1 is 1.18 bits per heavy atom. The lowest BCUT2D eigenvalue weighted by atomic mass is 9.79. The number of aliphatic imine (C=N–C) groups is 1. The fourth-order valence-electron chi connectivity index (χ4n) is 5.89. The molecule has 0 bridgehead atoms. The minimum Gasteiger partial charge on any atom is -0.352 e. The summed E-state index contributed by atoms with van der Waals surface area (Å²) in [5, 5.41) is 0. The Kier molecular flexibility index (Phi) is 9.07.